The molecule has 0 aromatic carbocycles. The van der Waals surface area contributed by atoms with Gasteiger partial charge in [-0.15, -0.1) is 0 Å². The van der Waals surface area contributed by atoms with E-state index in [1.165, 1.54) is 6.92 Å². The maximum atomic E-state index is 11.4. The van der Waals surface area contributed by atoms with E-state index in [1.807, 2.05) is 26.0 Å². The highest BCUT2D eigenvalue weighted by Gasteiger charge is 2.39. The molecule has 1 heterocycles. The van der Waals surface area contributed by atoms with E-state index in [0.717, 1.165) is 0 Å². The quantitative estimate of drug-likeness (QED) is 0.594. The molecule has 23 heavy (non-hydrogen) atoms. The van der Waals surface area contributed by atoms with Gasteiger partial charge in [0.15, 0.2) is 14.6 Å². The fourth-order valence-corrected chi connectivity index (χ4v) is 3.02. The second-order valence-corrected chi connectivity index (χ2v) is 12.7. The number of ether oxygens (including phenoxy) is 2. The molecule has 134 valence electrons. The molecule has 0 saturated heterocycles. The third-order valence-corrected chi connectivity index (χ3v) is 8.88. The minimum Gasteiger partial charge on any atom is -0.414 e. The van der Waals surface area contributed by atoms with Crippen LogP contribution in [0.25, 0.3) is 0 Å². The molecule has 0 spiro atoms. The molecule has 0 aromatic rings. The van der Waals surface area contributed by atoms with Crippen molar-refractivity contribution in [1.29, 1.82) is 0 Å². The highest BCUT2D eigenvalue weighted by Crippen LogP contribution is 2.36. The van der Waals surface area contributed by atoms with Crippen LogP contribution in [-0.2, 0) is 18.7 Å². The molecular weight excluding hydrogens is 310 g/mol. The average molecular weight is 344 g/mol. The first kappa shape index (κ1) is 20.4. The summed E-state index contributed by atoms with van der Waals surface area (Å²) in [6.07, 6.45) is 3.22. The topological polar surface area (TPSA) is 56.8 Å². The fourth-order valence-electron chi connectivity index (χ4n) is 2.01. The maximum absolute atomic E-state index is 11.4. The molecule has 6 heteroatoms. The molecule has 1 aliphatic rings. The standard InChI is InChI=1S/C17H33NO4Si/c1-12(2)21-16-10-9-14(18-13(3)19)15(22-16)11-20-23(7,8)17(4,5)6/h9-10,12,14-16H,11H2,1-8H3,(H,18,19)/t14-,15-,16+/m1/s1. The van der Waals surface area contributed by atoms with Crippen LogP contribution >= 0.6 is 0 Å². The Bertz CT molecular complexity index is 429. The molecule has 0 unspecified atom stereocenters. The largest absolute Gasteiger partial charge is 0.414 e. The van der Waals surface area contributed by atoms with Gasteiger partial charge < -0.3 is 19.2 Å². The number of rotatable bonds is 6. The second kappa shape index (κ2) is 7.92. The first-order chi connectivity index (χ1) is 10.4. The summed E-state index contributed by atoms with van der Waals surface area (Å²) in [5.41, 5.74) is 0. The van der Waals surface area contributed by atoms with Crippen molar-refractivity contribution in [3.63, 3.8) is 0 Å². The van der Waals surface area contributed by atoms with E-state index in [9.17, 15) is 4.79 Å². The van der Waals surface area contributed by atoms with E-state index in [4.69, 9.17) is 13.9 Å². The van der Waals surface area contributed by atoms with Gasteiger partial charge in [-0.25, -0.2) is 0 Å². The van der Waals surface area contributed by atoms with Crippen LogP contribution in [0.5, 0.6) is 0 Å². The maximum Gasteiger partial charge on any atom is 0.217 e. The van der Waals surface area contributed by atoms with Gasteiger partial charge in [-0.3, -0.25) is 4.79 Å². The lowest BCUT2D eigenvalue weighted by Crippen LogP contribution is -2.51. The Kier molecular flexibility index (Phi) is 7.01. The molecule has 5 nitrogen and oxygen atoms in total. The lowest BCUT2D eigenvalue weighted by molar-refractivity contribution is -0.178. The van der Waals surface area contributed by atoms with Gasteiger partial charge in [-0.05, 0) is 38.1 Å². The molecule has 1 N–H and O–H groups in total. The molecular formula is C17H33NO4Si. The van der Waals surface area contributed by atoms with Crippen molar-refractivity contribution in [1.82, 2.24) is 5.32 Å². The molecule has 0 radical (unpaired) electrons. The van der Waals surface area contributed by atoms with Crippen LogP contribution in [0.2, 0.25) is 18.1 Å². The molecule has 0 aliphatic carbocycles. The summed E-state index contributed by atoms with van der Waals surface area (Å²) < 4.78 is 18.0. The molecule has 0 bridgehead atoms. The average Bonchev–Trinajstić information content (AvgIpc) is 2.36. The van der Waals surface area contributed by atoms with Gasteiger partial charge in [0.05, 0.1) is 18.8 Å². The first-order valence-electron chi connectivity index (χ1n) is 8.32. The lowest BCUT2D eigenvalue weighted by Gasteiger charge is -2.39. The van der Waals surface area contributed by atoms with E-state index in [2.05, 4.69) is 39.2 Å². The fraction of sp³-hybridized carbons (Fsp3) is 0.824. The van der Waals surface area contributed by atoms with Gasteiger partial charge >= 0.3 is 0 Å². The summed E-state index contributed by atoms with van der Waals surface area (Å²) in [7, 11) is -1.87. The van der Waals surface area contributed by atoms with Gasteiger partial charge in [0, 0.05) is 6.92 Å². The Hall–Kier alpha value is -0.693. The number of hydrogen-bond donors (Lipinski definition) is 1. The second-order valence-electron chi connectivity index (χ2n) is 7.91. The normalized spacial score (nSPS) is 25.7. The van der Waals surface area contributed by atoms with Crippen LogP contribution in [0.15, 0.2) is 12.2 Å². The third-order valence-electron chi connectivity index (χ3n) is 4.38. The molecule has 3 atom stereocenters. The molecule has 0 fully saturated rings. The van der Waals surface area contributed by atoms with E-state index in [1.54, 1.807) is 0 Å². The van der Waals surface area contributed by atoms with Crippen LogP contribution in [0.1, 0.15) is 41.5 Å². The predicted octanol–water partition coefficient (Wildman–Crippen LogP) is 3.22. The van der Waals surface area contributed by atoms with Gasteiger partial charge in [0.2, 0.25) is 5.91 Å². The van der Waals surface area contributed by atoms with Gasteiger partial charge in [0.25, 0.3) is 0 Å². The van der Waals surface area contributed by atoms with Crippen molar-refractivity contribution in [2.24, 2.45) is 0 Å². The van der Waals surface area contributed by atoms with Crippen LogP contribution in [0.4, 0.5) is 0 Å². The van der Waals surface area contributed by atoms with Gasteiger partial charge in [0.1, 0.15) is 6.10 Å². The summed E-state index contributed by atoms with van der Waals surface area (Å²) in [5, 5.41) is 3.04. The van der Waals surface area contributed by atoms with Crippen molar-refractivity contribution in [2.45, 2.75) is 84.2 Å². The van der Waals surface area contributed by atoms with Crippen LogP contribution < -0.4 is 5.32 Å². The SMILES string of the molecule is CC(=O)N[C@@H]1C=C[C@@H](OC(C)C)O[C@@H]1CO[Si](C)(C)C(C)(C)C. The minimum absolute atomic E-state index is 0.0731. The molecule has 1 aliphatic heterocycles. The van der Waals surface area contributed by atoms with E-state index >= 15 is 0 Å². The highest BCUT2D eigenvalue weighted by molar-refractivity contribution is 6.74. The minimum atomic E-state index is -1.87. The molecule has 0 saturated carbocycles. The number of amides is 1. The van der Waals surface area contributed by atoms with Crippen LogP contribution in [0, 0.1) is 0 Å². The Morgan fingerprint density at radius 3 is 2.39 bits per heavy atom. The Morgan fingerprint density at radius 1 is 1.30 bits per heavy atom. The Balaban J connectivity index is 2.77. The molecule has 0 aromatic heterocycles. The summed E-state index contributed by atoms with van der Waals surface area (Å²) in [4.78, 5) is 11.4. The molecule has 1 amide bonds. The Labute approximate surface area is 141 Å². The number of carbonyl (C=O) groups is 1. The van der Waals surface area contributed by atoms with E-state index in [0.29, 0.717) is 6.61 Å². The highest BCUT2D eigenvalue weighted by atomic mass is 28.4. The van der Waals surface area contributed by atoms with Gasteiger partial charge in [-0.1, -0.05) is 26.8 Å². The third kappa shape index (κ3) is 6.37. The summed E-state index contributed by atoms with van der Waals surface area (Å²) in [5.74, 6) is -0.0798. The Morgan fingerprint density at radius 2 is 1.91 bits per heavy atom. The molecule has 1 rings (SSSR count). The van der Waals surface area contributed by atoms with Crippen molar-refractivity contribution < 1.29 is 18.7 Å². The van der Waals surface area contributed by atoms with Crippen molar-refractivity contribution in [2.75, 3.05) is 6.61 Å². The van der Waals surface area contributed by atoms with E-state index in [-0.39, 0.29) is 29.2 Å². The predicted molar refractivity (Wildman–Crippen MR) is 94.8 cm³/mol. The van der Waals surface area contributed by atoms with Crippen molar-refractivity contribution in [3.8, 4) is 0 Å². The zero-order valence-electron chi connectivity index (χ0n) is 15.8. The zero-order chi connectivity index (χ0) is 17.8. The van der Waals surface area contributed by atoms with Crippen molar-refractivity contribution >= 4 is 14.2 Å². The van der Waals surface area contributed by atoms with Crippen molar-refractivity contribution in [3.05, 3.63) is 12.2 Å². The summed E-state index contributed by atoms with van der Waals surface area (Å²) in [6, 6.07) is -0.190. The number of nitrogens with one attached hydrogen (secondary N) is 1. The summed E-state index contributed by atoms with van der Waals surface area (Å²) in [6.45, 7) is 16.9. The van der Waals surface area contributed by atoms with Crippen LogP contribution in [-0.4, -0.2) is 45.4 Å². The zero-order valence-corrected chi connectivity index (χ0v) is 16.8. The number of hydrogen-bond acceptors (Lipinski definition) is 4. The van der Waals surface area contributed by atoms with Crippen LogP contribution in [0.3, 0.4) is 0 Å². The smallest absolute Gasteiger partial charge is 0.217 e. The summed E-state index contributed by atoms with van der Waals surface area (Å²) >= 11 is 0. The first-order valence-corrected chi connectivity index (χ1v) is 11.2. The monoisotopic (exact) mass is 343 g/mol. The lowest BCUT2D eigenvalue weighted by atomic mass is 10.1. The number of carbonyl (C=O) groups excluding carboxylic acids is 1. The van der Waals surface area contributed by atoms with E-state index < -0.39 is 14.6 Å². The van der Waals surface area contributed by atoms with Gasteiger partial charge in [-0.2, -0.15) is 0 Å².